The molecule has 3 rings (SSSR count). The molecule has 1 aliphatic rings. The molecule has 0 spiro atoms. The standard InChI is InChI=1S/C15H20N6OS/c1-20-15(17-18-19-20)23-11-14(22)16-13-7-8-21(10-13)9-12-5-3-2-4-6-12/h2-6,13H,7-11H2,1H3,(H,16,22)/p+1/t13-/m0/s1. The maximum atomic E-state index is 12.1. The lowest BCUT2D eigenvalue weighted by atomic mass is 10.2. The van der Waals surface area contributed by atoms with Gasteiger partial charge in [0.05, 0.1) is 24.9 Å². The van der Waals surface area contributed by atoms with Crippen LogP contribution in [-0.4, -0.2) is 51.0 Å². The fourth-order valence-corrected chi connectivity index (χ4v) is 3.50. The van der Waals surface area contributed by atoms with Gasteiger partial charge >= 0.3 is 0 Å². The number of quaternary nitrogens is 1. The lowest BCUT2D eigenvalue weighted by Crippen LogP contribution is -3.09. The van der Waals surface area contributed by atoms with Crippen molar-refractivity contribution in [2.24, 2.45) is 7.05 Å². The molecule has 8 heteroatoms. The van der Waals surface area contributed by atoms with Gasteiger partial charge in [0.15, 0.2) is 0 Å². The summed E-state index contributed by atoms with van der Waals surface area (Å²) in [6, 6.07) is 10.8. The third-order valence-corrected chi connectivity index (χ3v) is 4.97. The van der Waals surface area contributed by atoms with E-state index in [0.717, 1.165) is 26.1 Å². The first-order chi connectivity index (χ1) is 11.2. The quantitative estimate of drug-likeness (QED) is 0.682. The van der Waals surface area contributed by atoms with Gasteiger partial charge in [-0.25, -0.2) is 4.68 Å². The number of rotatable bonds is 6. The van der Waals surface area contributed by atoms with Crippen LogP contribution in [0.4, 0.5) is 0 Å². The Labute approximate surface area is 139 Å². The van der Waals surface area contributed by atoms with E-state index in [4.69, 9.17) is 0 Å². The molecule has 2 aromatic rings. The Kier molecular flexibility index (Phi) is 5.24. The molecule has 0 saturated carbocycles. The molecule has 1 fully saturated rings. The highest BCUT2D eigenvalue weighted by Crippen LogP contribution is 2.11. The van der Waals surface area contributed by atoms with Crippen LogP contribution in [0.5, 0.6) is 0 Å². The second-order valence-corrected chi connectivity index (χ2v) is 6.74. The highest BCUT2D eigenvalue weighted by Gasteiger charge is 2.27. The first-order valence-corrected chi connectivity index (χ1v) is 8.71. The molecule has 2 N–H and O–H groups in total. The minimum absolute atomic E-state index is 0.0453. The summed E-state index contributed by atoms with van der Waals surface area (Å²) in [7, 11) is 1.77. The molecule has 2 heterocycles. The maximum absolute atomic E-state index is 12.1. The van der Waals surface area contributed by atoms with Crippen molar-refractivity contribution in [3.63, 3.8) is 0 Å². The van der Waals surface area contributed by atoms with Crippen LogP contribution in [0.15, 0.2) is 35.5 Å². The lowest BCUT2D eigenvalue weighted by Gasteiger charge is -2.14. The number of nitrogens with zero attached hydrogens (tertiary/aromatic N) is 4. The number of hydrogen-bond donors (Lipinski definition) is 2. The summed E-state index contributed by atoms with van der Waals surface area (Å²) >= 11 is 1.36. The van der Waals surface area contributed by atoms with Crippen molar-refractivity contribution in [3.8, 4) is 0 Å². The molecule has 1 saturated heterocycles. The molecule has 1 amide bonds. The molecule has 1 unspecified atom stereocenters. The Balaban J connectivity index is 1.41. The van der Waals surface area contributed by atoms with Crippen LogP contribution in [0.3, 0.4) is 0 Å². The van der Waals surface area contributed by atoms with E-state index in [9.17, 15) is 4.79 Å². The average molecular weight is 333 g/mol. The van der Waals surface area contributed by atoms with E-state index in [1.807, 2.05) is 6.07 Å². The zero-order valence-corrected chi connectivity index (χ0v) is 13.9. The van der Waals surface area contributed by atoms with Crippen molar-refractivity contribution in [2.75, 3.05) is 18.8 Å². The predicted octanol–water partition coefficient (Wildman–Crippen LogP) is -0.724. The molecule has 1 aromatic heterocycles. The van der Waals surface area contributed by atoms with Crippen LogP contribution in [0.25, 0.3) is 0 Å². The average Bonchev–Trinajstić information content (AvgIpc) is 3.15. The van der Waals surface area contributed by atoms with E-state index in [-0.39, 0.29) is 11.9 Å². The van der Waals surface area contributed by atoms with Crippen LogP contribution in [0.1, 0.15) is 12.0 Å². The first kappa shape index (κ1) is 15.9. The molecule has 0 radical (unpaired) electrons. The number of aromatic nitrogens is 4. The van der Waals surface area contributed by atoms with Crippen molar-refractivity contribution in [2.45, 2.75) is 24.2 Å². The fraction of sp³-hybridized carbons (Fsp3) is 0.467. The first-order valence-electron chi connectivity index (χ1n) is 7.72. The lowest BCUT2D eigenvalue weighted by molar-refractivity contribution is -0.901. The van der Waals surface area contributed by atoms with Crippen LogP contribution in [-0.2, 0) is 18.4 Å². The molecule has 1 aromatic carbocycles. The maximum Gasteiger partial charge on any atom is 0.230 e. The Bertz CT molecular complexity index is 646. The SMILES string of the molecule is Cn1nnnc1SCC(=O)N[C@H]1CC[NH+](Cc2ccccc2)C1. The van der Waals surface area contributed by atoms with Gasteiger partial charge in [-0.05, 0) is 10.4 Å². The topological polar surface area (TPSA) is 77.1 Å². The van der Waals surface area contributed by atoms with E-state index in [1.54, 1.807) is 11.7 Å². The number of nitrogens with one attached hydrogen (secondary N) is 2. The van der Waals surface area contributed by atoms with Crippen molar-refractivity contribution < 1.29 is 9.69 Å². The zero-order chi connectivity index (χ0) is 16.1. The van der Waals surface area contributed by atoms with Gasteiger partial charge in [-0.15, -0.1) is 5.10 Å². The minimum atomic E-state index is 0.0453. The molecule has 7 nitrogen and oxygen atoms in total. The highest BCUT2D eigenvalue weighted by atomic mass is 32.2. The van der Waals surface area contributed by atoms with Gasteiger partial charge < -0.3 is 10.2 Å². The van der Waals surface area contributed by atoms with Crippen LogP contribution >= 0.6 is 11.8 Å². The summed E-state index contributed by atoms with van der Waals surface area (Å²) in [6.07, 6.45) is 1.03. The number of hydrogen-bond acceptors (Lipinski definition) is 5. The fourth-order valence-electron chi connectivity index (χ4n) is 2.84. The number of carbonyl (C=O) groups excluding carboxylic acids is 1. The van der Waals surface area contributed by atoms with Gasteiger partial charge in [0, 0.05) is 19.0 Å². The summed E-state index contributed by atoms with van der Waals surface area (Å²) in [5, 5.41) is 14.9. The van der Waals surface area contributed by atoms with Gasteiger partial charge in [-0.2, -0.15) is 0 Å². The second-order valence-electron chi connectivity index (χ2n) is 5.79. The number of aryl methyl sites for hydroxylation is 1. The van der Waals surface area contributed by atoms with Crippen LogP contribution in [0.2, 0.25) is 0 Å². The molecular formula is C15H21N6OS+. The van der Waals surface area contributed by atoms with E-state index in [0.29, 0.717) is 10.9 Å². The number of carbonyl (C=O) groups is 1. The highest BCUT2D eigenvalue weighted by molar-refractivity contribution is 7.99. The molecule has 1 aliphatic heterocycles. The predicted molar refractivity (Wildman–Crippen MR) is 86.9 cm³/mol. The summed E-state index contributed by atoms with van der Waals surface area (Å²) < 4.78 is 1.57. The third kappa shape index (κ3) is 4.52. The van der Waals surface area contributed by atoms with Crippen LogP contribution in [0, 0.1) is 0 Å². The normalized spacial score (nSPS) is 20.6. The zero-order valence-electron chi connectivity index (χ0n) is 13.1. The number of amides is 1. The summed E-state index contributed by atoms with van der Waals surface area (Å²) in [6.45, 7) is 3.10. The van der Waals surface area contributed by atoms with Crippen molar-refractivity contribution in [1.29, 1.82) is 0 Å². The molecular weight excluding hydrogens is 312 g/mol. The van der Waals surface area contributed by atoms with E-state index < -0.39 is 0 Å². The van der Waals surface area contributed by atoms with Gasteiger partial charge in [0.2, 0.25) is 11.1 Å². The van der Waals surface area contributed by atoms with E-state index >= 15 is 0 Å². The second kappa shape index (κ2) is 7.56. The summed E-state index contributed by atoms with van der Waals surface area (Å²) in [4.78, 5) is 13.6. The van der Waals surface area contributed by atoms with Crippen molar-refractivity contribution >= 4 is 17.7 Å². The smallest absolute Gasteiger partial charge is 0.230 e. The Hall–Kier alpha value is -1.93. The number of benzene rings is 1. The van der Waals surface area contributed by atoms with Gasteiger partial charge in [0.1, 0.15) is 6.54 Å². The number of tetrazole rings is 1. The summed E-state index contributed by atoms with van der Waals surface area (Å²) in [5.74, 6) is 0.391. The monoisotopic (exact) mass is 333 g/mol. The Morgan fingerprint density at radius 3 is 3.00 bits per heavy atom. The molecule has 0 bridgehead atoms. The number of thioether (sulfide) groups is 1. The summed E-state index contributed by atoms with van der Waals surface area (Å²) in [5.41, 5.74) is 1.35. The largest absolute Gasteiger partial charge is 0.347 e. The number of likely N-dealkylation sites (tertiary alicyclic amines) is 1. The molecule has 2 atom stereocenters. The Morgan fingerprint density at radius 2 is 2.26 bits per heavy atom. The van der Waals surface area contributed by atoms with E-state index in [2.05, 4.69) is 45.1 Å². The molecule has 0 aliphatic carbocycles. The Morgan fingerprint density at radius 1 is 1.43 bits per heavy atom. The van der Waals surface area contributed by atoms with Crippen LogP contribution < -0.4 is 10.2 Å². The van der Waals surface area contributed by atoms with Gasteiger partial charge in [-0.3, -0.25) is 4.79 Å². The van der Waals surface area contributed by atoms with Gasteiger partial charge in [-0.1, -0.05) is 42.1 Å². The molecule has 122 valence electrons. The van der Waals surface area contributed by atoms with Gasteiger partial charge in [0.25, 0.3) is 0 Å². The third-order valence-electron chi connectivity index (χ3n) is 3.96. The molecule has 23 heavy (non-hydrogen) atoms. The minimum Gasteiger partial charge on any atom is -0.347 e. The van der Waals surface area contributed by atoms with E-state index in [1.165, 1.54) is 22.2 Å². The van der Waals surface area contributed by atoms with Crippen molar-refractivity contribution in [3.05, 3.63) is 35.9 Å². The van der Waals surface area contributed by atoms with Crippen molar-refractivity contribution in [1.82, 2.24) is 25.5 Å².